The van der Waals surface area contributed by atoms with Crippen molar-refractivity contribution in [2.75, 3.05) is 16.4 Å². The van der Waals surface area contributed by atoms with Gasteiger partial charge in [0.05, 0.1) is 16.7 Å². The van der Waals surface area contributed by atoms with Gasteiger partial charge in [0, 0.05) is 10.2 Å². The minimum absolute atomic E-state index is 0.0365. The second kappa shape index (κ2) is 8.96. The van der Waals surface area contributed by atoms with Crippen LogP contribution in [0.5, 0.6) is 0 Å². The van der Waals surface area contributed by atoms with E-state index in [4.69, 9.17) is 0 Å². The van der Waals surface area contributed by atoms with E-state index in [2.05, 4.69) is 26.6 Å². The molecule has 0 bridgehead atoms. The lowest BCUT2D eigenvalue weighted by molar-refractivity contribution is -0.115. The summed E-state index contributed by atoms with van der Waals surface area (Å²) in [7, 11) is 0. The molecule has 0 aliphatic carbocycles. The Hall–Kier alpha value is -1.93. The van der Waals surface area contributed by atoms with Crippen molar-refractivity contribution in [2.24, 2.45) is 0 Å². The van der Waals surface area contributed by atoms with Crippen molar-refractivity contribution < 1.29 is 18.4 Å². The number of benzene rings is 2. The van der Waals surface area contributed by atoms with Gasteiger partial charge in [0.1, 0.15) is 11.6 Å². The number of hydrogen-bond donors (Lipinski definition) is 2. The second-order valence-corrected chi connectivity index (χ2v) is 7.37. The lowest BCUT2D eigenvalue weighted by atomic mass is 10.3. The molecule has 132 valence electrons. The molecular formula is C17H15BrF2N2O2S. The van der Waals surface area contributed by atoms with Gasteiger partial charge in [-0.3, -0.25) is 9.59 Å². The van der Waals surface area contributed by atoms with E-state index in [0.717, 1.165) is 11.8 Å². The maximum absolute atomic E-state index is 13.7. The van der Waals surface area contributed by atoms with Crippen molar-refractivity contribution in [1.29, 1.82) is 0 Å². The first-order valence-electron chi connectivity index (χ1n) is 7.28. The summed E-state index contributed by atoms with van der Waals surface area (Å²) in [6.45, 7) is 1.63. The van der Waals surface area contributed by atoms with Gasteiger partial charge in [0.2, 0.25) is 11.8 Å². The molecule has 0 aromatic heterocycles. The number of carbonyl (C=O) groups excluding carboxylic acids is 2. The molecule has 0 heterocycles. The van der Waals surface area contributed by atoms with E-state index in [-0.39, 0.29) is 17.3 Å². The molecule has 0 saturated carbocycles. The molecular weight excluding hydrogens is 414 g/mol. The monoisotopic (exact) mass is 428 g/mol. The number of anilines is 2. The van der Waals surface area contributed by atoms with Gasteiger partial charge in [-0.2, -0.15) is 0 Å². The number of carbonyl (C=O) groups is 2. The van der Waals surface area contributed by atoms with Crippen LogP contribution >= 0.6 is 27.7 Å². The minimum Gasteiger partial charge on any atom is -0.325 e. The molecule has 2 N–H and O–H groups in total. The Morgan fingerprint density at radius 2 is 1.80 bits per heavy atom. The molecule has 0 aliphatic rings. The number of nitrogens with one attached hydrogen (secondary N) is 2. The number of thioether (sulfide) groups is 1. The van der Waals surface area contributed by atoms with Crippen LogP contribution in [-0.2, 0) is 9.59 Å². The van der Waals surface area contributed by atoms with Crippen molar-refractivity contribution in [1.82, 2.24) is 0 Å². The van der Waals surface area contributed by atoms with Crippen molar-refractivity contribution in [3.63, 3.8) is 0 Å². The SMILES string of the molecule is CC(SCC(=O)Nc1ccc(F)cc1)C(=O)Nc1ccc(Br)cc1F. The quantitative estimate of drug-likeness (QED) is 0.715. The Morgan fingerprint density at radius 3 is 2.44 bits per heavy atom. The highest BCUT2D eigenvalue weighted by Crippen LogP contribution is 2.21. The third-order valence-corrected chi connectivity index (χ3v) is 4.79. The van der Waals surface area contributed by atoms with Crippen LogP contribution in [0.25, 0.3) is 0 Å². The van der Waals surface area contributed by atoms with Crippen molar-refractivity contribution in [3.05, 3.63) is 58.6 Å². The fourth-order valence-electron chi connectivity index (χ4n) is 1.83. The Kier molecular flexibility index (Phi) is 6.95. The van der Waals surface area contributed by atoms with Gasteiger partial charge < -0.3 is 10.6 Å². The average molecular weight is 429 g/mol. The number of rotatable bonds is 6. The number of amides is 2. The molecule has 2 aromatic rings. The molecule has 0 spiro atoms. The van der Waals surface area contributed by atoms with E-state index in [1.54, 1.807) is 13.0 Å². The van der Waals surface area contributed by atoms with Gasteiger partial charge in [-0.15, -0.1) is 11.8 Å². The molecule has 0 fully saturated rings. The zero-order chi connectivity index (χ0) is 18.4. The van der Waals surface area contributed by atoms with E-state index in [9.17, 15) is 18.4 Å². The first-order chi connectivity index (χ1) is 11.8. The standard InChI is InChI=1S/C17H15BrF2N2O2S/c1-10(17(24)22-15-7-2-11(18)8-14(15)20)25-9-16(23)21-13-5-3-12(19)4-6-13/h2-8,10H,9H2,1H3,(H,21,23)(H,22,24). The molecule has 8 heteroatoms. The van der Waals surface area contributed by atoms with E-state index in [1.807, 2.05) is 0 Å². The summed E-state index contributed by atoms with van der Waals surface area (Å²) in [5.41, 5.74) is 0.553. The third-order valence-electron chi connectivity index (χ3n) is 3.15. The lowest BCUT2D eigenvalue weighted by Crippen LogP contribution is -2.25. The van der Waals surface area contributed by atoms with Crippen molar-refractivity contribution >= 4 is 50.9 Å². The Labute approximate surface area is 156 Å². The molecule has 2 amide bonds. The predicted octanol–water partition coefficient (Wildman–Crippen LogP) is 4.43. The average Bonchev–Trinajstić information content (AvgIpc) is 2.57. The van der Waals surface area contributed by atoms with E-state index in [0.29, 0.717) is 10.2 Å². The zero-order valence-corrected chi connectivity index (χ0v) is 15.6. The highest BCUT2D eigenvalue weighted by molar-refractivity contribution is 9.10. The second-order valence-electron chi connectivity index (χ2n) is 5.12. The maximum Gasteiger partial charge on any atom is 0.237 e. The molecule has 0 radical (unpaired) electrons. The van der Waals surface area contributed by atoms with E-state index < -0.39 is 22.8 Å². The zero-order valence-electron chi connectivity index (χ0n) is 13.2. The van der Waals surface area contributed by atoms with Crippen LogP contribution < -0.4 is 10.6 Å². The minimum atomic E-state index is -0.554. The van der Waals surface area contributed by atoms with Gasteiger partial charge in [-0.25, -0.2) is 8.78 Å². The molecule has 2 aromatic carbocycles. The first-order valence-corrected chi connectivity index (χ1v) is 9.12. The van der Waals surface area contributed by atoms with Crippen LogP contribution in [0.3, 0.4) is 0 Å². The third kappa shape index (κ3) is 6.13. The fourth-order valence-corrected chi connectivity index (χ4v) is 2.85. The molecule has 25 heavy (non-hydrogen) atoms. The van der Waals surface area contributed by atoms with Crippen molar-refractivity contribution in [3.8, 4) is 0 Å². The molecule has 2 rings (SSSR count). The highest BCUT2D eigenvalue weighted by Gasteiger charge is 2.17. The fraction of sp³-hybridized carbons (Fsp3) is 0.176. The predicted molar refractivity (Wildman–Crippen MR) is 99.7 cm³/mol. The van der Waals surface area contributed by atoms with Gasteiger partial charge in [-0.05, 0) is 49.4 Å². The van der Waals surface area contributed by atoms with Gasteiger partial charge in [0.25, 0.3) is 0 Å². The lowest BCUT2D eigenvalue weighted by Gasteiger charge is -2.13. The summed E-state index contributed by atoms with van der Waals surface area (Å²) in [6.07, 6.45) is 0. The van der Waals surface area contributed by atoms with Gasteiger partial charge in [-0.1, -0.05) is 15.9 Å². The topological polar surface area (TPSA) is 58.2 Å². The maximum atomic E-state index is 13.7. The first kappa shape index (κ1) is 19.4. The molecule has 1 unspecified atom stereocenters. The summed E-state index contributed by atoms with van der Waals surface area (Å²) in [4.78, 5) is 23.9. The largest absolute Gasteiger partial charge is 0.325 e. The number of hydrogen-bond acceptors (Lipinski definition) is 3. The van der Waals surface area contributed by atoms with Gasteiger partial charge >= 0.3 is 0 Å². The number of halogens is 3. The van der Waals surface area contributed by atoms with Crippen LogP contribution in [0, 0.1) is 11.6 Å². The summed E-state index contributed by atoms with van der Waals surface area (Å²) < 4.78 is 27.1. The van der Waals surface area contributed by atoms with E-state index in [1.165, 1.54) is 36.4 Å². The Morgan fingerprint density at radius 1 is 1.12 bits per heavy atom. The van der Waals surface area contributed by atoms with Crippen LogP contribution in [0.1, 0.15) is 6.92 Å². The highest BCUT2D eigenvalue weighted by atomic mass is 79.9. The molecule has 4 nitrogen and oxygen atoms in total. The van der Waals surface area contributed by atoms with Crippen LogP contribution in [0.4, 0.5) is 20.2 Å². The van der Waals surface area contributed by atoms with E-state index >= 15 is 0 Å². The summed E-state index contributed by atoms with van der Waals surface area (Å²) >= 11 is 4.25. The summed E-state index contributed by atoms with van der Waals surface area (Å²) in [5.74, 6) is -1.62. The normalized spacial score (nSPS) is 11.7. The smallest absolute Gasteiger partial charge is 0.237 e. The van der Waals surface area contributed by atoms with Crippen LogP contribution in [-0.4, -0.2) is 22.8 Å². The van der Waals surface area contributed by atoms with Gasteiger partial charge in [0.15, 0.2) is 0 Å². The Bertz CT molecular complexity index is 772. The van der Waals surface area contributed by atoms with Crippen molar-refractivity contribution in [2.45, 2.75) is 12.2 Å². The summed E-state index contributed by atoms with van der Waals surface area (Å²) in [5, 5.41) is 4.54. The molecule has 0 saturated heterocycles. The Balaban J connectivity index is 1.82. The van der Waals surface area contributed by atoms with Crippen LogP contribution in [0.15, 0.2) is 46.9 Å². The molecule has 0 aliphatic heterocycles. The molecule has 1 atom stereocenters. The van der Waals surface area contributed by atoms with Crippen LogP contribution in [0.2, 0.25) is 0 Å². The summed E-state index contributed by atoms with van der Waals surface area (Å²) in [6, 6.07) is 9.71.